The minimum absolute atomic E-state index is 0.0886. The van der Waals surface area contributed by atoms with Crippen molar-refractivity contribution in [3.05, 3.63) is 52.0 Å². The Balaban J connectivity index is 2.35. The van der Waals surface area contributed by atoms with Crippen LogP contribution in [-0.2, 0) is 0 Å². The predicted octanol–water partition coefficient (Wildman–Crippen LogP) is 5.00. The molecule has 2 rings (SSSR count). The van der Waals surface area contributed by atoms with Crippen LogP contribution in [0.4, 0.5) is 5.69 Å². The van der Waals surface area contributed by atoms with Crippen LogP contribution in [0.5, 0.6) is 11.5 Å². The molecule has 1 N–H and O–H groups in total. The van der Waals surface area contributed by atoms with Gasteiger partial charge in [0.05, 0.1) is 6.10 Å². The quantitative estimate of drug-likeness (QED) is 0.790. The third kappa shape index (κ3) is 4.33. The van der Waals surface area contributed by atoms with Gasteiger partial charge in [0, 0.05) is 16.3 Å². The minimum atomic E-state index is 0.0886. The number of ether oxygens (including phenoxy) is 1. The van der Waals surface area contributed by atoms with Crippen molar-refractivity contribution in [1.82, 2.24) is 0 Å². The fourth-order valence-corrected chi connectivity index (χ4v) is 2.24. The molecule has 0 bridgehead atoms. The summed E-state index contributed by atoms with van der Waals surface area (Å²) in [6.07, 6.45) is 1.79. The molecular weight excluding hydrogens is 330 g/mol. The van der Waals surface area contributed by atoms with E-state index in [1.807, 2.05) is 51.1 Å². The van der Waals surface area contributed by atoms with Crippen LogP contribution in [0, 0.1) is 6.92 Å². The molecule has 0 aliphatic carbocycles. The van der Waals surface area contributed by atoms with Crippen LogP contribution in [0.25, 0.3) is 0 Å². The highest BCUT2D eigenvalue weighted by Gasteiger charge is 2.05. The van der Waals surface area contributed by atoms with Crippen molar-refractivity contribution in [2.75, 3.05) is 0 Å². The van der Waals surface area contributed by atoms with Gasteiger partial charge in [-0.15, -0.1) is 0 Å². The number of aromatic hydroxyl groups is 1. The van der Waals surface area contributed by atoms with Gasteiger partial charge in [0.15, 0.2) is 0 Å². The second-order valence-electron chi connectivity index (χ2n) is 5.10. The van der Waals surface area contributed by atoms with Gasteiger partial charge in [-0.05, 0) is 56.7 Å². The zero-order valence-corrected chi connectivity index (χ0v) is 13.9. The van der Waals surface area contributed by atoms with E-state index in [2.05, 4.69) is 20.9 Å². The molecule has 4 heteroatoms. The molecule has 2 aromatic rings. The van der Waals surface area contributed by atoms with E-state index in [-0.39, 0.29) is 11.9 Å². The van der Waals surface area contributed by atoms with Crippen LogP contribution < -0.4 is 4.74 Å². The first-order valence-corrected chi connectivity index (χ1v) is 7.55. The van der Waals surface area contributed by atoms with Crippen molar-refractivity contribution < 1.29 is 9.84 Å². The zero-order valence-electron chi connectivity index (χ0n) is 12.3. The monoisotopic (exact) mass is 347 g/mol. The van der Waals surface area contributed by atoms with E-state index in [4.69, 9.17) is 4.74 Å². The Morgan fingerprint density at radius 1 is 1.19 bits per heavy atom. The molecule has 0 saturated carbocycles. The number of nitrogens with zero attached hydrogens (tertiary/aromatic N) is 1. The summed E-state index contributed by atoms with van der Waals surface area (Å²) in [5, 5.41) is 9.83. The van der Waals surface area contributed by atoms with Crippen LogP contribution in [-0.4, -0.2) is 17.4 Å². The van der Waals surface area contributed by atoms with Crippen molar-refractivity contribution in [3.63, 3.8) is 0 Å². The predicted molar refractivity (Wildman–Crippen MR) is 90.0 cm³/mol. The fourth-order valence-electron chi connectivity index (χ4n) is 1.86. The number of aliphatic imine (C=N–C) groups is 1. The van der Waals surface area contributed by atoms with Crippen molar-refractivity contribution in [2.24, 2.45) is 4.99 Å². The van der Waals surface area contributed by atoms with E-state index in [1.54, 1.807) is 12.3 Å². The van der Waals surface area contributed by atoms with E-state index >= 15 is 0 Å². The van der Waals surface area contributed by atoms with E-state index in [0.717, 1.165) is 21.3 Å². The van der Waals surface area contributed by atoms with E-state index in [9.17, 15) is 5.11 Å². The molecule has 0 aliphatic heterocycles. The lowest BCUT2D eigenvalue weighted by atomic mass is 10.2. The first kappa shape index (κ1) is 15.6. The zero-order chi connectivity index (χ0) is 15.4. The topological polar surface area (TPSA) is 41.8 Å². The van der Waals surface area contributed by atoms with Gasteiger partial charge in [-0.3, -0.25) is 4.99 Å². The summed E-state index contributed by atoms with van der Waals surface area (Å²) in [5.74, 6) is 0.933. The molecule has 0 radical (unpaired) electrons. The normalized spacial score (nSPS) is 11.3. The molecule has 0 fully saturated rings. The van der Waals surface area contributed by atoms with Crippen LogP contribution in [0.1, 0.15) is 25.0 Å². The summed E-state index contributed by atoms with van der Waals surface area (Å²) < 4.78 is 6.72. The number of phenols is 1. The number of phenolic OH excluding ortho intramolecular Hbond substituents is 1. The van der Waals surface area contributed by atoms with Gasteiger partial charge in [0.1, 0.15) is 17.2 Å². The van der Waals surface area contributed by atoms with Gasteiger partial charge in [-0.25, -0.2) is 0 Å². The van der Waals surface area contributed by atoms with E-state index in [0.29, 0.717) is 5.69 Å². The molecule has 0 heterocycles. The van der Waals surface area contributed by atoms with Crippen LogP contribution in [0.3, 0.4) is 0 Å². The lowest BCUT2D eigenvalue weighted by molar-refractivity contribution is 0.242. The Kier molecular flexibility index (Phi) is 5.02. The summed E-state index contributed by atoms with van der Waals surface area (Å²) in [6, 6.07) is 11.1. The maximum atomic E-state index is 9.83. The summed E-state index contributed by atoms with van der Waals surface area (Å²) in [6.45, 7) is 5.93. The molecule has 0 spiro atoms. The molecule has 0 unspecified atom stereocenters. The number of hydrogen-bond donors (Lipinski definition) is 1. The summed E-state index contributed by atoms with van der Waals surface area (Å²) in [7, 11) is 0. The molecule has 3 nitrogen and oxygen atoms in total. The molecule has 0 saturated heterocycles. The van der Waals surface area contributed by atoms with Crippen molar-refractivity contribution >= 4 is 27.8 Å². The Morgan fingerprint density at radius 2 is 1.95 bits per heavy atom. The van der Waals surface area contributed by atoms with Crippen LogP contribution >= 0.6 is 15.9 Å². The Morgan fingerprint density at radius 3 is 2.67 bits per heavy atom. The van der Waals surface area contributed by atoms with Crippen molar-refractivity contribution in [3.8, 4) is 11.5 Å². The maximum absolute atomic E-state index is 9.83. The van der Waals surface area contributed by atoms with Crippen LogP contribution in [0.15, 0.2) is 45.9 Å². The van der Waals surface area contributed by atoms with Gasteiger partial charge in [0.2, 0.25) is 0 Å². The number of benzene rings is 2. The van der Waals surface area contributed by atoms with Gasteiger partial charge in [-0.1, -0.05) is 22.0 Å². The van der Waals surface area contributed by atoms with Crippen molar-refractivity contribution in [2.45, 2.75) is 26.9 Å². The number of hydrogen-bond acceptors (Lipinski definition) is 3. The largest absolute Gasteiger partial charge is 0.506 e. The lowest BCUT2D eigenvalue weighted by Gasteiger charge is -2.12. The molecule has 0 aromatic heterocycles. The smallest absolute Gasteiger partial charge is 0.141 e. The van der Waals surface area contributed by atoms with Gasteiger partial charge >= 0.3 is 0 Å². The molecular formula is C17H18BrNO2. The number of rotatable bonds is 4. The number of aryl methyl sites for hydroxylation is 1. The van der Waals surface area contributed by atoms with E-state index < -0.39 is 0 Å². The van der Waals surface area contributed by atoms with E-state index in [1.165, 1.54) is 0 Å². The van der Waals surface area contributed by atoms with Crippen LogP contribution in [0.2, 0.25) is 0 Å². The Labute approximate surface area is 133 Å². The lowest BCUT2D eigenvalue weighted by Crippen LogP contribution is -2.07. The summed E-state index contributed by atoms with van der Waals surface area (Å²) in [5.41, 5.74) is 2.46. The van der Waals surface area contributed by atoms with Gasteiger partial charge in [0.25, 0.3) is 0 Å². The SMILES string of the molecule is Cc1ccc(O)c(N=Cc2cc(Br)ccc2OC(C)C)c1. The van der Waals surface area contributed by atoms with Gasteiger partial charge < -0.3 is 9.84 Å². The third-order valence-electron chi connectivity index (χ3n) is 2.81. The van der Waals surface area contributed by atoms with Gasteiger partial charge in [-0.2, -0.15) is 0 Å². The molecule has 0 atom stereocenters. The maximum Gasteiger partial charge on any atom is 0.141 e. The minimum Gasteiger partial charge on any atom is -0.506 e. The molecule has 0 amide bonds. The first-order valence-electron chi connectivity index (χ1n) is 6.75. The second kappa shape index (κ2) is 6.76. The average Bonchev–Trinajstić information content (AvgIpc) is 2.42. The standard InChI is InChI=1S/C17H18BrNO2/c1-11(2)21-17-7-5-14(18)9-13(17)10-19-15-8-12(3)4-6-16(15)20/h4-11,20H,1-3H3. The second-order valence-corrected chi connectivity index (χ2v) is 6.01. The highest BCUT2D eigenvalue weighted by molar-refractivity contribution is 9.10. The highest BCUT2D eigenvalue weighted by atomic mass is 79.9. The Hall–Kier alpha value is -1.81. The molecule has 2 aromatic carbocycles. The van der Waals surface area contributed by atoms with Crippen molar-refractivity contribution in [1.29, 1.82) is 0 Å². The fraction of sp³-hybridized carbons (Fsp3) is 0.235. The average molecular weight is 348 g/mol. The molecule has 110 valence electrons. The number of halogens is 1. The highest BCUT2D eigenvalue weighted by Crippen LogP contribution is 2.28. The molecule has 21 heavy (non-hydrogen) atoms. The molecule has 0 aliphatic rings. The first-order chi connectivity index (χ1) is 9.95. The third-order valence-corrected chi connectivity index (χ3v) is 3.30. The summed E-state index contributed by atoms with van der Waals surface area (Å²) in [4.78, 5) is 4.37. The summed E-state index contributed by atoms with van der Waals surface area (Å²) >= 11 is 3.45. The Bertz CT molecular complexity index is 666.